The van der Waals surface area contributed by atoms with E-state index in [1.165, 1.54) is 0 Å². The second-order valence-corrected chi connectivity index (χ2v) is 6.01. The summed E-state index contributed by atoms with van der Waals surface area (Å²) in [7, 11) is 1.94. The van der Waals surface area contributed by atoms with Crippen LogP contribution in [0, 0.1) is 0 Å². The van der Waals surface area contributed by atoms with Gasteiger partial charge in [0.15, 0.2) is 0 Å². The molecule has 0 bridgehead atoms. The van der Waals surface area contributed by atoms with E-state index in [1.54, 1.807) is 0 Å². The number of nitrogens with one attached hydrogen (secondary N) is 1. The van der Waals surface area contributed by atoms with E-state index in [9.17, 15) is 0 Å². The van der Waals surface area contributed by atoms with Crippen LogP contribution in [0.5, 0.6) is 0 Å². The third kappa shape index (κ3) is 4.27. The highest BCUT2D eigenvalue weighted by Gasteiger charge is 2.31. The van der Waals surface area contributed by atoms with Crippen LogP contribution in [0.1, 0.15) is 32.2 Å². The average Bonchev–Trinajstić information content (AvgIpc) is 2.26. The molecular formula is C15H25N3O. The summed E-state index contributed by atoms with van der Waals surface area (Å²) in [5, 5.41) is 3.14. The Morgan fingerprint density at radius 3 is 2.84 bits per heavy atom. The SMILES string of the molecule is CNCc1cccc(CN2CC(C)OC(C)(C)C2)n1. The van der Waals surface area contributed by atoms with Gasteiger partial charge in [-0.15, -0.1) is 0 Å². The molecule has 1 aromatic rings. The van der Waals surface area contributed by atoms with Gasteiger partial charge in [0.25, 0.3) is 0 Å². The molecule has 1 aliphatic heterocycles. The highest BCUT2D eigenvalue weighted by molar-refractivity contribution is 5.11. The summed E-state index contributed by atoms with van der Waals surface area (Å²) < 4.78 is 5.93. The topological polar surface area (TPSA) is 37.4 Å². The molecule has 1 aliphatic rings. The van der Waals surface area contributed by atoms with Crippen molar-refractivity contribution in [3.63, 3.8) is 0 Å². The predicted molar refractivity (Wildman–Crippen MR) is 76.9 cm³/mol. The Kier molecular flexibility index (Phi) is 4.55. The van der Waals surface area contributed by atoms with Gasteiger partial charge < -0.3 is 10.1 Å². The van der Waals surface area contributed by atoms with E-state index in [0.717, 1.165) is 37.6 Å². The van der Waals surface area contributed by atoms with Crippen molar-refractivity contribution in [2.24, 2.45) is 0 Å². The summed E-state index contributed by atoms with van der Waals surface area (Å²) in [5.74, 6) is 0. The molecule has 0 saturated carbocycles. The molecule has 1 atom stereocenters. The van der Waals surface area contributed by atoms with E-state index in [0.29, 0.717) is 0 Å². The van der Waals surface area contributed by atoms with Crippen LogP contribution in [-0.2, 0) is 17.8 Å². The van der Waals surface area contributed by atoms with Crippen molar-refractivity contribution < 1.29 is 4.74 Å². The first-order valence-electron chi connectivity index (χ1n) is 6.98. The normalized spacial score (nSPS) is 23.5. The fraction of sp³-hybridized carbons (Fsp3) is 0.667. The van der Waals surface area contributed by atoms with Crippen LogP contribution in [-0.4, -0.2) is 41.7 Å². The van der Waals surface area contributed by atoms with Crippen molar-refractivity contribution >= 4 is 0 Å². The molecule has 2 heterocycles. The van der Waals surface area contributed by atoms with Crippen molar-refractivity contribution in [2.45, 2.75) is 45.6 Å². The van der Waals surface area contributed by atoms with Gasteiger partial charge in [-0.25, -0.2) is 0 Å². The molecule has 0 spiro atoms. The molecule has 0 radical (unpaired) electrons. The quantitative estimate of drug-likeness (QED) is 0.899. The van der Waals surface area contributed by atoms with Gasteiger partial charge in [-0.3, -0.25) is 9.88 Å². The predicted octanol–water partition coefficient (Wildman–Crippen LogP) is 1.80. The molecule has 106 valence electrons. The minimum Gasteiger partial charge on any atom is -0.370 e. The van der Waals surface area contributed by atoms with Gasteiger partial charge in [0.05, 0.1) is 23.1 Å². The standard InChI is InChI=1S/C15H25N3O/c1-12-9-18(11-15(2,3)19-12)10-14-7-5-6-13(17-14)8-16-4/h5-7,12,16H,8-11H2,1-4H3. The third-order valence-electron chi connectivity index (χ3n) is 3.25. The second kappa shape index (κ2) is 5.99. The van der Waals surface area contributed by atoms with E-state index in [-0.39, 0.29) is 11.7 Å². The van der Waals surface area contributed by atoms with Gasteiger partial charge in [-0.1, -0.05) is 6.07 Å². The zero-order chi connectivity index (χ0) is 13.9. The van der Waals surface area contributed by atoms with Crippen LogP contribution >= 0.6 is 0 Å². The molecule has 0 amide bonds. The summed E-state index contributed by atoms with van der Waals surface area (Å²) in [6.07, 6.45) is 0.282. The molecule has 1 fully saturated rings. The van der Waals surface area contributed by atoms with Crippen LogP contribution < -0.4 is 5.32 Å². The lowest BCUT2D eigenvalue weighted by molar-refractivity contribution is -0.130. The molecule has 4 nitrogen and oxygen atoms in total. The van der Waals surface area contributed by atoms with E-state index in [2.05, 4.69) is 54.2 Å². The minimum atomic E-state index is -0.0692. The highest BCUT2D eigenvalue weighted by Crippen LogP contribution is 2.21. The Balaban J connectivity index is 2.02. The van der Waals surface area contributed by atoms with Crippen molar-refractivity contribution in [3.05, 3.63) is 29.6 Å². The molecule has 4 heteroatoms. The van der Waals surface area contributed by atoms with E-state index in [4.69, 9.17) is 4.74 Å². The number of hydrogen-bond donors (Lipinski definition) is 1. The lowest BCUT2D eigenvalue weighted by Crippen LogP contribution is -2.51. The summed E-state index contributed by atoms with van der Waals surface area (Å²) in [6, 6.07) is 6.25. The maximum Gasteiger partial charge on any atom is 0.0757 e. The summed E-state index contributed by atoms with van der Waals surface area (Å²) >= 11 is 0. The van der Waals surface area contributed by atoms with Crippen LogP contribution in [0.15, 0.2) is 18.2 Å². The zero-order valence-corrected chi connectivity index (χ0v) is 12.4. The summed E-state index contributed by atoms with van der Waals surface area (Å²) in [5.41, 5.74) is 2.17. The fourth-order valence-corrected chi connectivity index (χ4v) is 2.83. The first-order chi connectivity index (χ1) is 8.98. The van der Waals surface area contributed by atoms with Crippen LogP contribution in [0.3, 0.4) is 0 Å². The van der Waals surface area contributed by atoms with Crippen LogP contribution in [0.4, 0.5) is 0 Å². The first-order valence-corrected chi connectivity index (χ1v) is 6.98. The number of hydrogen-bond acceptors (Lipinski definition) is 4. The Morgan fingerprint density at radius 2 is 2.16 bits per heavy atom. The number of morpholine rings is 1. The molecule has 1 N–H and O–H groups in total. The monoisotopic (exact) mass is 263 g/mol. The van der Waals surface area contributed by atoms with Gasteiger partial charge in [-0.05, 0) is 40.0 Å². The van der Waals surface area contributed by atoms with E-state index < -0.39 is 0 Å². The molecule has 0 aromatic carbocycles. The Bertz CT molecular complexity index is 420. The van der Waals surface area contributed by atoms with Crippen molar-refractivity contribution in [1.29, 1.82) is 0 Å². The smallest absolute Gasteiger partial charge is 0.0757 e. The van der Waals surface area contributed by atoms with Crippen LogP contribution in [0.2, 0.25) is 0 Å². The maximum absolute atomic E-state index is 5.93. The maximum atomic E-state index is 5.93. The highest BCUT2D eigenvalue weighted by atomic mass is 16.5. The van der Waals surface area contributed by atoms with Gasteiger partial charge in [-0.2, -0.15) is 0 Å². The molecule has 1 unspecified atom stereocenters. The summed E-state index contributed by atoms with van der Waals surface area (Å²) in [6.45, 7) is 10.1. The second-order valence-electron chi connectivity index (χ2n) is 6.01. The van der Waals surface area contributed by atoms with Crippen molar-refractivity contribution in [3.8, 4) is 0 Å². The Morgan fingerprint density at radius 1 is 1.42 bits per heavy atom. The number of nitrogens with zero attached hydrogens (tertiary/aromatic N) is 2. The fourth-order valence-electron chi connectivity index (χ4n) is 2.83. The minimum absolute atomic E-state index is 0.0692. The van der Waals surface area contributed by atoms with Gasteiger partial charge >= 0.3 is 0 Å². The van der Waals surface area contributed by atoms with Crippen molar-refractivity contribution in [1.82, 2.24) is 15.2 Å². The third-order valence-corrected chi connectivity index (χ3v) is 3.25. The molecular weight excluding hydrogens is 238 g/mol. The Labute approximate surface area is 116 Å². The molecule has 19 heavy (non-hydrogen) atoms. The van der Waals surface area contributed by atoms with Gasteiger partial charge in [0.1, 0.15) is 0 Å². The molecule has 1 aromatic heterocycles. The first kappa shape index (κ1) is 14.4. The lowest BCUT2D eigenvalue weighted by Gasteiger charge is -2.41. The molecule has 1 saturated heterocycles. The van der Waals surface area contributed by atoms with Crippen molar-refractivity contribution in [2.75, 3.05) is 20.1 Å². The van der Waals surface area contributed by atoms with E-state index >= 15 is 0 Å². The zero-order valence-electron chi connectivity index (χ0n) is 12.4. The van der Waals surface area contributed by atoms with Gasteiger partial charge in [0.2, 0.25) is 0 Å². The van der Waals surface area contributed by atoms with Gasteiger partial charge in [0, 0.05) is 26.2 Å². The largest absolute Gasteiger partial charge is 0.370 e. The summed E-state index contributed by atoms with van der Waals surface area (Å²) in [4.78, 5) is 7.11. The lowest BCUT2D eigenvalue weighted by atomic mass is 10.1. The number of aromatic nitrogens is 1. The number of ether oxygens (including phenoxy) is 1. The van der Waals surface area contributed by atoms with E-state index in [1.807, 2.05) is 7.05 Å². The number of pyridine rings is 1. The number of rotatable bonds is 4. The molecule has 0 aliphatic carbocycles. The average molecular weight is 263 g/mol. The van der Waals surface area contributed by atoms with Crippen LogP contribution in [0.25, 0.3) is 0 Å². The Hall–Kier alpha value is -0.970. The molecule has 2 rings (SSSR count).